The van der Waals surface area contributed by atoms with Gasteiger partial charge in [-0.1, -0.05) is 23.7 Å². The molecule has 2 rings (SSSR count). The van der Waals surface area contributed by atoms with Gasteiger partial charge < -0.3 is 10.1 Å². The van der Waals surface area contributed by atoms with Gasteiger partial charge in [-0.25, -0.2) is 21.6 Å². The van der Waals surface area contributed by atoms with Gasteiger partial charge in [0.2, 0.25) is 10.0 Å². The first-order valence-electron chi connectivity index (χ1n) is 7.45. The third-order valence-corrected chi connectivity index (χ3v) is 4.96. The number of esters is 1. The summed E-state index contributed by atoms with van der Waals surface area (Å²) in [6.07, 6.45) is 0. The zero-order chi connectivity index (χ0) is 20.9. The number of rotatable bonds is 7. The minimum absolute atomic E-state index is 0.253. The van der Waals surface area contributed by atoms with Crippen LogP contribution < -0.4 is 10.0 Å². The van der Waals surface area contributed by atoms with Gasteiger partial charge in [0, 0.05) is 0 Å². The van der Waals surface area contributed by atoms with Crippen molar-refractivity contribution < 1.29 is 35.9 Å². The van der Waals surface area contributed by atoms with Crippen LogP contribution in [0.25, 0.3) is 0 Å². The highest BCUT2D eigenvalue weighted by molar-refractivity contribution is 7.89. The van der Waals surface area contributed by atoms with Gasteiger partial charge >= 0.3 is 5.97 Å². The minimum Gasteiger partial charge on any atom is -0.455 e. The van der Waals surface area contributed by atoms with Crippen molar-refractivity contribution in [3.63, 3.8) is 0 Å². The summed E-state index contributed by atoms with van der Waals surface area (Å²) in [6, 6.07) is 7.20. The summed E-state index contributed by atoms with van der Waals surface area (Å²) in [6.45, 7) is -1.72. The molecule has 0 saturated heterocycles. The second kappa shape index (κ2) is 9.04. The van der Waals surface area contributed by atoms with Crippen LogP contribution in [0.4, 0.5) is 18.9 Å². The Morgan fingerprint density at radius 1 is 1.04 bits per heavy atom. The lowest BCUT2D eigenvalue weighted by Gasteiger charge is -2.09. The average Bonchev–Trinajstić information content (AvgIpc) is 2.64. The van der Waals surface area contributed by atoms with E-state index in [2.05, 4.69) is 10.1 Å². The molecule has 0 atom stereocenters. The van der Waals surface area contributed by atoms with Crippen molar-refractivity contribution >= 4 is 39.2 Å². The van der Waals surface area contributed by atoms with Gasteiger partial charge in [-0.2, -0.15) is 4.72 Å². The molecule has 2 aromatic rings. The molecule has 28 heavy (non-hydrogen) atoms. The van der Waals surface area contributed by atoms with Gasteiger partial charge in [-0.3, -0.25) is 9.59 Å². The molecule has 2 N–H and O–H groups in total. The Hall–Kier alpha value is -2.63. The van der Waals surface area contributed by atoms with E-state index in [-0.39, 0.29) is 10.7 Å². The average molecular weight is 437 g/mol. The predicted octanol–water partition coefficient (Wildman–Crippen LogP) is 2.22. The van der Waals surface area contributed by atoms with E-state index in [0.717, 1.165) is 0 Å². The Bertz CT molecular complexity index is 1020. The number of sulfonamides is 1. The summed E-state index contributed by atoms with van der Waals surface area (Å²) in [4.78, 5) is 22.1. The van der Waals surface area contributed by atoms with Crippen LogP contribution in [0, 0.1) is 17.5 Å². The Morgan fingerprint density at radius 3 is 2.39 bits per heavy atom. The molecule has 150 valence electrons. The zero-order valence-corrected chi connectivity index (χ0v) is 15.4. The highest BCUT2D eigenvalue weighted by Crippen LogP contribution is 2.20. The van der Waals surface area contributed by atoms with Crippen molar-refractivity contribution in [1.82, 2.24) is 4.72 Å². The quantitative estimate of drug-likeness (QED) is 0.512. The van der Waals surface area contributed by atoms with Crippen molar-refractivity contribution in [2.75, 3.05) is 18.5 Å². The number of amides is 1. The Labute approximate surface area is 162 Å². The van der Waals surface area contributed by atoms with Crippen molar-refractivity contribution in [2.45, 2.75) is 4.90 Å². The van der Waals surface area contributed by atoms with E-state index < -0.39 is 57.4 Å². The lowest BCUT2D eigenvalue weighted by atomic mass is 10.3. The van der Waals surface area contributed by atoms with Crippen molar-refractivity contribution in [3.05, 3.63) is 58.9 Å². The Balaban J connectivity index is 1.89. The summed E-state index contributed by atoms with van der Waals surface area (Å²) in [5, 5.41) is 2.62. The monoisotopic (exact) mass is 436 g/mol. The molecule has 0 heterocycles. The molecule has 0 saturated carbocycles. The van der Waals surface area contributed by atoms with Crippen molar-refractivity contribution in [3.8, 4) is 0 Å². The molecule has 7 nitrogen and oxygen atoms in total. The minimum atomic E-state index is -4.67. The lowest BCUT2D eigenvalue weighted by molar-refractivity contribution is -0.146. The second-order valence-corrected chi connectivity index (χ2v) is 7.33. The normalized spacial score (nSPS) is 11.1. The van der Waals surface area contributed by atoms with E-state index >= 15 is 0 Å². The molecule has 0 fully saturated rings. The van der Waals surface area contributed by atoms with Crippen LogP contribution in [0.2, 0.25) is 5.02 Å². The molecule has 2 aromatic carbocycles. The number of halogens is 4. The second-order valence-electron chi connectivity index (χ2n) is 5.19. The summed E-state index contributed by atoms with van der Waals surface area (Å²) < 4.78 is 69.6. The molecule has 1 amide bonds. The maximum Gasteiger partial charge on any atom is 0.321 e. The van der Waals surface area contributed by atoms with E-state index in [0.29, 0.717) is 12.1 Å². The molecule has 0 aliphatic carbocycles. The third kappa shape index (κ3) is 5.44. The number of nitrogens with one attached hydrogen (secondary N) is 2. The molecule has 0 radical (unpaired) electrons. The molecule has 0 unspecified atom stereocenters. The lowest BCUT2D eigenvalue weighted by Crippen LogP contribution is -2.33. The first-order chi connectivity index (χ1) is 13.1. The van der Waals surface area contributed by atoms with E-state index in [1.165, 1.54) is 12.1 Å². The fourth-order valence-corrected chi connectivity index (χ4v) is 3.11. The van der Waals surface area contributed by atoms with Crippen molar-refractivity contribution in [1.29, 1.82) is 0 Å². The number of carbonyl (C=O) groups is 2. The SMILES string of the molecule is O=C(COC(=O)CNS(=O)(=O)c1ccc(F)c(F)c1F)Nc1ccccc1Cl. The van der Waals surface area contributed by atoms with Gasteiger partial charge in [0.15, 0.2) is 24.1 Å². The first kappa shape index (κ1) is 21.7. The van der Waals surface area contributed by atoms with Crippen molar-refractivity contribution in [2.24, 2.45) is 0 Å². The van der Waals surface area contributed by atoms with Crippen LogP contribution in [-0.2, 0) is 24.3 Å². The number of hydrogen-bond donors (Lipinski definition) is 2. The molecular weight excluding hydrogens is 425 g/mol. The summed E-state index contributed by atoms with van der Waals surface area (Å²) in [5.74, 6) is -7.38. The van der Waals surface area contributed by atoms with Crippen LogP contribution in [-0.4, -0.2) is 33.4 Å². The maximum atomic E-state index is 13.6. The molecule has 0 spiro atoms. The van der Waals surface area contributed by atoms with E-state index in [1.54, 1.807) is 16.9 Å². The Morgan fingerprint density at radius 2 is 1.71 bits per heavy atom. The zero-order valence-electron chi connectivity index (χ0n) is 13.8. The van der Waals surface area contributed by atoms with Crippen LogP contribution in [0.5, 0.6) is 0 Å². The number of carbonyl (C=O) groups excluding carboxylic acids is 2. The highest BCUT2D eigenvalue weighted by atomic mass is 35.5. The molecular formula is C16H12ClF3N2O5S. The van der Waals surface area contributed by atoms with Crippen LogP contribution in [0.15, 0.2) is 41.3 Å². The van der Waals surface area contributed by atoms with Gasteiger partial charge in [-0.05, 0) is 24.3 Å². The molecule has 0 aromatic heterocycles. The van der Waals surface area contributed by atoms with Gasteiger partial charge in [-0.15, -0.1) is 0 Å². The fraction of sp³-hybridized carbons (Fsp3) is 0.125. The van der Waals surface area contributed by atoms with Gasteiger partial charge in [0.1, 0.15) is 11.4 Å². The number of ether oxygens (including phenoxy) is 1. The summed E-state index contributed by atoms with van der Waals surface area (Å²) in [5.41, 5.74) is 0.278. The number of hydrogen-bond acceptors (Lipinski definition) is 5. The number of para-hydroxylation sites is 1. The number of anilines is 1. The van der Waals surface area contributed by atoms with Gasteiger partial charge in [0.05, 0.1) is 10.7 Å². The third-order valence-electron chi connectivity index (χ3n) is 3.21. The fourth-order valence-electron chi connectivity index (χ4n) is 1.89. The summed E-state index contributed by atoms with van der Waals surface area (Å²) in [7, 11) is -4.67. The Kier molecular flexibility index (Phi) is 7.00. The molecule has 0 aliphatic heterocycles. The van der Waals surface area contributed by atoms with E-state index in [9.17, 15) is 31.2 Å². The maximum absolute atomic E-state index is 13.6. The largest absolute Gasteiger partial charge is 0.455 e. The van der Waals surface area contributed by atoms with Gasteiger partial charge in [0.25, 0.3) is 5.91 Å². The van der Waals surface area contributed by atoms with Crippen LogP contribution >= 0.6 is 11.6 Å². The van der Waals surface area contributed by atoms with Crippen LogP contribution in [0.3, 0.4) is 0 Å². The standard InChI is InChI=1S/C16H12ClF3N2O5S/c17-9-3-1-2-4-11(9)22-13(23)8-27-14(24)7-21-28(25,26)12-6-5-10(18)15(19)16(12)20/h1-6,21H,7-8H2,(H,22,23). The van der Waals surface area contributed by atoms with E-state index in [1.807, 2.05) is 0 Å². The molecule has 12 heteroatoms. The van der Waals surface area contributed by atoms with Crippen LogP contribution in [0.1, 0.15) is 0 Å². The van der Waals surface area contributed by atoms with E-state index in [4.69, 9.17) is 11.6 Å². The first-order valence-corrected chi connectivity index (χ1v) is 9.31. The topological polar surface area (TPSA) is 102 Å². The summed E-state index contributed by atoms with van der Waals surface area (Å²) >= 11 is 5.84. The predicted molar refractivity (Wildman–Crippen MR) is 92.5 cm³/mol. The smallest absolute Gasteiger partial charge is 0.321 e. The molecule has 0 aliphatic rings. The molecule has 0 bridgehead atoms. The number of benzene rings is 2. The highest BCUT2D eigenvalue weighted by Gasteiger charge is 2.24.